The number of nitrogens with one attached hydrogen (secondary N) is 1. The molecule has 0 atom stereocenters. The van der Waals surface area contributed by atoms with Crippen LogP contribution in [0, 0.1) is 0 Å². The van der Waals surface area contributed by atoms with Crippen LogP contribution in [0.15, 0.2) is 48.5 Å². The Morgan fingerprint density at radius 1 is 1.14 bits per heavy atom. The van der Waals surface area contributed by atoms with Gasteiger partial charge < -0.3 is 14.8 Å². The lowest BCUT2D eigenvalue weighted by atomic mass is 10.1. The molecule has 0 saturated carbocycles. The second-order valence-electron chi connectivity index (χ2n) is 6.08. The first-order valence-corrected chi connectivity index (χ1v) is 9.08. The van der Waals surface area contributed by atoms with Gasteiger partial charge in [-0.1, -0.05) is 12.1 Å². The maximum atomic E-state index is 12.3. The minimum atomic E-state index is -0.121. The number of amides is 1. The number of carbonyl (C=O) groups is 1. The van der Waals surface area contributed by atoms with Gasteiger partial charge in [0.15, 0.2) is 5.82 Å². The third kappa shape index (κ3) is 5.06. The molecule has 0 saturated heterocycles. The lowest BCUT2D eigenvalue weighted by Crippen LogP contribution is -2.25. The Hall–Kier alpha value is -3.42. The molecule has 8 heteroatoms. The van der Waals surface area contributed by atoms with Gasteiger partial charge in [-0.05, 0) is 65.7 Å². The number of carbonyl (C=O) groups excluding carboxylic acids is 1. The summed E-state index contributed by atoms with van der Waals surface area (Å²) >= 11 is 0. The molecule has 1 heterocycles. The van der Waals surface area contributed by atoms with Gasteiger partial charge in [0, 0.05) is 18.7 Å². The lowest BCUT2D eigenvalue weighted by molar-refractivity contribution is 0.0954. The lowest BCUT2D eigenvalue weighted by Gasteiger charge is -2.08. The number of ether oxygens (including phenoxy) is 2. The maximum Gasteiger partial charge on any atom is 0.251 e. The first kappa shape index (κ1) is 19.3. The molecular formula is C20H23N5O3. The Bertz CT molecular complexity index is 908. The Morgan fingerprint density at radius 2 is 1.96 bits per heavy atom. The van der Waals surface area contributed by atoms with Crippen molar-refractivity contribution in [3.8, 4) is 11.5 Å². The maximum absolute atomic E-state index is 12.3. The molecule has 3 rings (SSSR count). The first-order chi connectivity index (χ1) is 13.7. The highest BCUT2D eigenvalue weighted by Gasteiger charge is 2.08. The summed E-state index contributed by atoms with van der Waals surface area (Å²) in [5, 5.41) is 14.3. The molecule has 0 radical (unpaired) electrons. The summed E-state index contributed by atoms with van der Waals surface area (Å²) in [6, 6.07) is 14.8. The molecule has 0 bridgehead atoms. The number of aromatic nitrogens is 4. The summed E-state index contributed by atoms with van der Waals surface area (Å²) in [5.74, 6) is 2.00. The van der Waals surface area contributed by atoms with Crippen molar-refractivity contribution in [3.05, 3.63) is 65.5 Å². The van der Waals surface area contributed by atoms with E-state index in [1.54, 1.807) is 36.1 Å². The Kier molecular flexibility index (Phi) is 6.56. The number of benzene rings is 2. The van der Waals surface area contributed by atoms with Gasteiger partial charge in [-0.25, -0.2) is 4.68 Å². The summed E-state index contributed by atoms with van der Waals surface area (Å²) in [7, 11) is 1.64. The summed E-state index contributed by atoms with van der Waals surface area (Å²) in [5.41, 5.74) is 1.69. The minimum Gasteiger partial charge on any atom is -0.497 e. The van der Waals surface area contributed by atoms with E-state index in [1.165, 1.54) is 0 Å². The molecule has 0 aliphatic rings. The van der Waals surface area contributed by atoms with Gasteiger partial charge in [0.05, 0.1) is 7.11 Å². The zero-order valence-electron chi connectivity index (χ0n) is 16.0. The Balaban J connectivity index is 1.47. The van der Waals surface area contributed by atoms with Gasteiger partial charge in [-0.15, -0.1) is 5.10 Å². The number of hydrogen-bond donors (Lipinski definition) is 1. The van der Waals surface area contributed by atoms with Crippen LogP contribution in [-0.2, 0) is 19.6 Å². The predicted octanol–water partition coefficient (Wildman–Crippen LogP) is 2.25. The molecule has 0 unspecified atom stereocenters. The normalized spacial score (nSPS) is 10.5. The molecule has 1 aromatic heterocycles. The third-order valence-electron chi connectivity index (χ3n) is 4.22. The van der Waals surface area contributed by atoms with Gasteiger partial charge in [0.1, 0.15) is 18.1 Å². The monoisotopic (exact) mass is 381 g/mol. The highest BCUT2D eigenvalue weighted by Crippen LogP contribution is 2.14. The number of methoxy groups -OCH3 is 1. The fourth-order valence-corrected chi connectivity index (χ4v) is 2.67. The van der Waals surface area contributed by atoms with Crippen LogP contribution in [0.1, 0.15) is 28.7 Å². The molecule has 3 aromatic rings. The van der Waals surface area contributed by atoms with Crippen molar-refractivity contribution in [2.75, 3.05) is 13.7 Å². The zero-order valence-corrected chi connectivity index (χ0v) is 16.0. The van der Waals surface area contributed by atoms with Crippen molar-refractivity contribution >= 4 is 5.91 Å². The molecule has 1 N–H and O–H groups in total. The van der Waals surface area contributed by atoms with Crippen LogP contribution in [0.25, 0.3) is 0 Å². The first-order valence-electron chi connectivity index (χ1n) is 9.08. The standard InChI is InChI=1S/C20H23N5O3/c1-3-25-19(22-23-24-25)14-28-17-9-7-16(8-10-17)20(26)21-12-11-15-5-4-6-18(13-15)27-2/h4-10,13H,3,11-12,14H2,1-2H3,(H,21,26). The van der Waals surface area contributed by atoms with Crippen molar-refractivity contribution in [1.29, 1.82) is 0 Å². The molecule has 2 aromatic carbocycles. The van der Waals surface area contributed by atoms with E-state index < -0.39 is 0 Å². The smallest absolute Gasteiger partial charge is 0.251 e. The molecule has 8 nitrogen and oxygen atoms in total. The molecule has 0 spiro atoms. The van der Waals surface area contributed by atoms with Crippen molar-refractivity contribution in [3.63, 3.8) is 0 Å². The van der Waals surface area contributed by atoms with E-state index in [-0.39, 0.29) is 12.5 Å². The third-order valence-corrected chi connectivity index (χ3v) is 4.22. The number of nitrogens with zero attached hydrogens (tertiary/aromatic N) is 4. The molecule has 28 heavy (non-hydrogen) atoms. The number of aryl methyl sites for hydroxylation is 1. The van der Waals surface area contributed by atoms with E-state index in [0.29, 0.717) is 30.2 Å². The molecule has 0 aliphatic heterocycles. The van der Waals surface area contributed by atoms with E-state index in [1.807, 2.05) is 31.2 Å². The molecule has 0 fully saturated rings. The van der Waals surface area contributed by atoms with Crippen LogP contribution < -0.4 is 14.8 Å². The van der Waals surface area contributed by atoms with Gasteiger partial charge in [-0.2, -0.15) is 0 Å². The van der Waals surface area contributed by atoms with E-state index in [0.717, 1.165) is 17.7 Å². The summed E-state index contributed by atoms with van der Waals surface area (Å²) in [6.07, 6.45) is 0.732. The summed E-state index contributed by atoms with van der Waals surface area (Å²) < 4.78 is 12.6. The van der Waals surface area contributed by atoms with E-state index in [2.05, 4.69) is 20.8 Å². The zero-order chi connectivity index (χ0) is 19.8. The van der Waals surface area contributed by atoms with E-state index in [9.17, 15) is 4.79 Å². The predicted molar refractivity (Wildman–Crippen MR) is 103 cm³/mol. The number of hydrogen-bond acceptors (Lipinski definition) is 6. The van der Waals surface area contributed by atoms with E-state index >= 15 is 0 Å². The average molecular weight is 381 g/mol. The quantitative estimate of drug-likeness (QED) is 0.611. The fraction of sp³-hybridized carbons (Fsp3) is 0.300. The van der Waals surface area contributed by atoms with Gasteiger partial charge in [-0.3, -0.25) is 4.79 Å². The average Bonchev–Trinajstić information content (AvgIpc) is 3.20. The highest BCUT2D eigenvalue weighted by atomic mass is 16.5. The van der Waals surface area contributed by atoms with Crippen LogP contribution in [0.5, 0.6) is 11.5 Å². The van der Waals surface area contributed by atoms with Crippen molar-refractivity contribution in [1.82, 2.24) is 25.5 Å². The van der Waals surface area contributed by atoms with E-state index in [4.69, 9.17) is 9.47 Å². The van der Waals surface area contributed by atoms with Crippen LogP contribution in [-0.4, -0.2) is 39.8 Å². The van der Waals surface area contributed by atoms with Gasteiger partial charge >= 0.3 is 0 Å². The molecule has 146 valence electrons. The summed E-state index contributed by atoms with van der Waals surface area (Å²) in [4.78, 5) is 12.3. The molecular weight excluding hydrogens is 358 g/mol. The van der Waals surface area contributed by atoms with Crippen LogP contribution in [0.3, 0.4) is 0 Å². The van der Waals surface area contributed by atoms with Gasteiger partial charge in [0.25, 0.3) is 5.91 Å². The minimum absolute atomic E-state index is 0.121. The largest absolute Gasteiger partial charge is 0.497 e. The number of tetrazole rings is 1. The highest BCUT2D eigenvalue weighted by molar-refractivity contribution is 5.94. The van der Waals surface area contributed by atoms with Crippen LogP contribution in [0.2, 0.25) is 0 Å². The Labute approximate surface area is 163 Å². The summed E-state index contributed by atoms with van der Waals surface area (Å²) in [6.45, 7) is 3.46. The van der Waals surface area contributed by atoms with Crippen LogP contribution in [0.4, 0.5) is 0 Å². The van der Waals surface area contributed by atoms with Crippen molar-refractivity contribution in [2.24, 2.45) is 0 Å². The van der Waals surface area contributed by atoms with Crippen molar-refractivity contribution in [2.45, 2.75) is 26.5 Å². The number of rotatable bonds is 9. The Morgan fingerprint density at radius 3 is 2.71 bits per heavy atom. The van der Waals surface area contributed by atoms with Crippen molar-refractivity contribution < 1.29 is 14.3 Å². The second-order valence-corrected chi connectivity index (χ2v) is 6.08. The fourth-order valence-electron chi connectivity index (χ4n) is 2.67. The topological polar surface area (TPSA) is 91.2 Å². The second kappa shape index (κ2) is 9.50. The molecule has 1 amide bonds. The van der Waals surface area contributed by atoms with Crippen LogP contribution >= 0.6 is 0 Å². The SMILES string of the molecule is CCn1nnnc1COc1ccc(C(=O)NCCc2cccc(OC)c2)cc1. The van der Waals surface area contributed by atoms with Gasteiger partial charge in [0.2, 0.25) is 0 Å². The molecule has 0 aliphatic carbocycles.